The van der Waals surface area contributed by atoms with E-state index in [4.69, 9.17) is 20.8 Å². The molecule has 0 aromatic heterocycles. The van der Waals surface area contributed by atoms with Crippen LogP contribution in [0.3, 0.4) is 0 Å². The van der Waals surface area contributed by atoms with Crippen LogP contribution in [0, 0.1) is 17.3 Å². The van der Waals surface area contributed by atoms with E-state index < -0.39 is 82.6 Å². The molecule has 11 N–H and O–H groups in total. The molecule has 1 heterocycles. The van der Waals surface area contributed by atoms with Crippen LogP contribution in [0.5, 0.6) is 0 Å². The van der Waals surface area contributed by atoms with E-state index in [1.807, 2.05) is 6.92 Å². The Bertz CT molecular complexity index is 1530. The van der Waals surface area contributed by atoms with E-state index in [0.717, 1.165) is 32.1 Å². The first kappa shape index (κ1) is 54.0. The maximum absolute atomic E-state index is 13.7. The van der Waals surface area contributed by atoms with Gasteiger partial charge in [-0.1, -0.05) is 72.1 Å². The van der Waals surface area contributed by atoms with Crippen molar-refractivity contribution >= 4 is 40.8 Å². The van der Waals surface area contributed by atoms with E-state index in [-0.39, 0.29) is 36.7 Å². The molecule has 0 spiro atoms. The maximum atomic E-state index is 13.7. The molecular formula is C43H83BN8O9S. The Morgan fingerprint density at radius 3 is 1.94 bits per heavy atom. The third kappa shape index (κ3) is 15.9. The van der Waals surface area contributed by atoms with Crippen LogP contribution >= 0.6 is 0 Å². The largest absolute Gasteiger partial charge is 0.481 e. The van der Waals surface area contributed by atoms with Crippen LogP contribution in [-0.4, -0.2) is 124 Å². The summed E-state index contributed by atoms with van der Waals surface area (Å²) in [6, 6.07) is -4.89. The number of nitrogens with one attached hydrogen (secondary N) is 6. The van der Waals surface area contributed by atoms with Crippen molar-refractivity contribution in [3.05, 3.63) is 0 Å². The highest BCUT2D eigenvalue weighted by molar-refractivity contribution is 7.89. The molecule has 0 radical (unpaired) electrons. The van der Waals surface area contributed by atoms with Crippen molar-refractivity contribution in [2.24, 2.45) is 28.7 Å². The zero-order valence-corrected chi connectivity index (χ0v) is 39.7. The summed E-state index contributed by atoms with van der Waals surface area (Å²) in [5.41, 5.74) is 11.1. The second kappa shape index (κ2) is 25.9. The number of nitrogens with two attached hydrogens (primary N) is 2. The minimum atomic E-state index is -3.91. The van der Waals surface area contributed by atoms with Crippen molar-refractivity contribution in [3.8, 4) is 0 Å². The highest BCUT2D eigenvalue weighted by atomic mass is 32.2. The summed E-state index contributed by atoms with van der Waals surface area (Å²) in [5, 5.41) is 24.5. The Labute approximate surface area is 372 Å². The van der Waals surface area contributed by atoms with Crippen LogP contribution in [0.2, 0.25) is 0 Å². The smallest absolute Gasteiger partial charge is 0.404 e. The number of amides is 4. The lowest BCUT2D eigenvalue weighted by atomic mass is 9.43. The van der Waals surface area contributed by atoms with E-state index in [0.29, 0.717) is 57.2 Å². The first-order valence-corrected chi connectivity index (χ1v) is 25.3. The molecule has 3 aliphatic carbocycles. The predicted molar refractivity (Wildman–Crippen MR) is 243 cm³/mol. The molecule has 358 valence electrons. The maximum Gasteiger partial charge on any atom is 0.481 e. The van der Waals surface area contributed by atoms with Gasteiger partial charge in [0.2, 0.25) is 33.7 Å². The van der Waals surface area contributed by atoms with Crippen molar-refractivity contribution in [3.63, 3.8) is 0 Å². The summed E-state index contributed by atoms with van der Waals surface area (Å²) < 4.78 is 41.5. The standard InChI is InChI=1S/C43H83BN8O9S/c1-8-9-10-11-12-13-14-19-24-47-25-26-62(58,59)52-34(21-16-18-23-46)40(56)51-37(30(3)53)41(57)48-29(2)38(54)50-33(20-15-17-22-45)39(55)49-31(4)44-60-36-28-32-27-35(42(32,5)6)43(36,7)61-44/h29-37,47,52-53H,8-28,45-46H2,1-7H3,(H,48,57)(H,49,55)(H,50,54)(H,51,56)/t29-,30+,31-,32-,33-,34-,35-,36+,37-,43-/m0/s1. The topological polar surface area (TPSA) is 265 Å². The third-order valence-electron chi connectivity index (χ3n) is 13.5. The van der Waals surface area contributed by atoms with Gasteiger partial charge in [0.1, 0.15) is 24.2 Å². The number of sulfonamides is 1. The first-order chi connectivity index (χ1) is 29.3. The van der Waals surface area contributed by atoms with Gasteiger partial charge in [0.05, 0.1) is 29.5 Å². The van der Waals surface area contributed by atoms with Gasteiger partial charge in [-0.3, -0.25) is 19.2 Å². The van der Waals surface area contributed by atoms with Gasteiger partial charge >= 0.3 is 7.12 Å². The molecule has 62 heavy (non-hydrogen) atoms. The zero-order chi connectivity index (χ0) is 46.1. The average molecular weight is 899 g/mol. The predicted octanol–water partition coefficient (Wildman–Crippen LogP) is 1.89. The molecule has 4 amide bonds. The fraction of sp³-hybridized carbons (Fsp3) is 0.907. The number of rotatable bonds is 32. The third-order valence-corrected chi connectivity index (χ3v) is 14.9. The molecule has 4 aliphatic rings. The summed E-state index contributed by atoms with van der Waals surface area (Å²) in [5.74, 6) is -2.60. The normalized spacial score (nSPS) is 24.4. The molecule has 0 aromatic rings. The molecule has 19 heteroatoms. The molecule has 0 unspecified atom stereocenters. The van der Waals surface area contributed by atoms with Gasteiger partial charge in [-0.05, 0) is 116 Å². The molecule has 17 nitrogen and oxygen atoms in total. The number of carbonyl (C=O) groups is 4. The Morgan fingerprint density at radius 2 is 1.34 bits per heavy atom. The summed E-state index contributed by atoms with van der Waals surface area (Å²) in [4.78, 5) is 54.3. The Balaban J connectivity index is 1.54. The molecule has 1 saturated heterocycles. The SMILES string of the molecule is CCCCCCCCCCNCCS(=O)(=O)N[C@@H](CCCCN)C(=O)N[C@H](C(=O)N[C@@H](C)C(=O)N[C@@H](CCCCN)C(=O)N[C@@H](C)B1O[C@@H]2C[C@@H]3C[C@@H](C3(C)C)[C@]2(C)O1)[C@@H](C)O. The van der Waals surface area contributed by atoms with Crippen molar-refractivity contribution in [1.82, 2.24) is 31.3 Å². The Morgan fingerprint density at radius 1 is 0.742 bits per heavy atom. The van der Waals surface area contributed by atoms with Crippen molar-refractivity contribution in [2.45, 2.75) is 199 Å². The fourth-order valence-electron chi connectivity index (χ4n) is 9.32. The van der Waals surface area contributed by atoms with Gasteiger partial charge in [-0.2, -0.15) is 0 Å². The summed E-state index contributed by atoms with van der Waals surface area (Å²) in [6.07, 6.45) is 12.5. The van der Waals surface area contributed by atoms with Crippen molar-refractivity contribution in [2.75, 3.05) is 31.9 Å². The van der Waals surface area contributed by atoms with E-state index >= 15 is 0 Å². The van der Waals surface area contributed by atoms with Crippen molar-refractivity contribution in [1.29, 1.82) is 0 Å². The minimum Gasteiger partial charge on any atom is -0.404 e. The van der Waals surface area contributed by atoms with E-state index in [9.17, 15) is 32.7 Å². The molecule has 4 rings (SSSR count). The van der Waals surface area contributed by atoms with Crippen LogP contribution in [0.4, 0.5) is 0 Å². The van der Waals surface area contributed by atoms with Crippen LogP contribution in [0.1, 0.15) is 151 Å². The fourth-order valence-corrected chi connectivity index (χ4v) is 10.5. The number of unbranched alkanes of at least 4 members (excludes halogenated alkanes) is 9. The van der Waals surface area contributed by atoms with Crippen LogP contribution in [0.25, 0.3) is 0 Å². The zero-order valence-electron chi connectivity index (χ0n) is 38.9. The minimum absolute atomic E-state index is 0.0589. The first-order valence-electron chi connectivity index (χ1n) is 23.6. The van der Waals surface area contributed by atoms with E-state index in [2.05, 4.69) is 59.0 Å². The lowest BCUT2D eigenvalue weighted by Crippen LogP contribution is -2.65. The Kier molecular flexibility index (Phi) is 22.6. The Hall–Kier alpha value is -2.39. The van der Waals surface area contributed by atoms with Gasteiger partial charge < -0.3 is 52.5 Å². The van der Waals surface area contributed by atoms with E-state index in [1.165, 1.54) is 46.0 Å². The lowest BCUT2D eigenvalue weighted by Gasteiger charge is -2.64. The summed E-state index contributed by atoms with van der Waals surface area (Å²) >= 11 is 0. The second-order valence-corrected chi connectivity index (χ2v) is 20.8. The van der Waals surface area contributed by atoms with Crippen LogP contribution in [-0.2, 0) is 38.5 Å². The summed E-state index contributed by atoms with van der Waals surface area (Å²) in [6.45, 7) is 15.1. The van der Waals surface area contributed by atoms with Gasteiger partial charge in [-0.25, -0.2) is 13.1 Å². The van der Waals surface area contributed by atoms with Crippen molar-refractivity contribution < 1.29 is 42.0 Å². The molecule has 10 atom stereocenters. The molecule has 2 bridgehead atoms. The molecule has 4 fully saturated rings. The van der Waals surface area contributed by atoms with Gasteiger partial charge in [-0.15, -0.1) is 0 Å². The lowest BCUT2D eigenvalue weighted by molar-refractivity contribution is -0.199. The molecule has 3 saturated carbocycles. The van der Waals surface area contributed by atoms with Gasteiger partial charge in [0.25, 0.3) is 0 Å². The quantitative estimate of drug-likeness (QED) is 0.0347. The highest BCUT2D eigenvalue weighted by Gasteiger charge is 2.68. The monoisotopic (exact) mass is 899 g/mol. The molecular weight excluding hydrogens is 815 g/mol. The highest BCUT2D eigenvalue weighted by Crippen LogP contribution is 2.65. The molecule has 1 aliphatic heterocycles. The van der Waals surface area contributed by atoms with Gasteiger partial charge in [0.15, 0.2) is 0 Å². The number of hydrogen-bond acceptors (Lipinski definition) is 12. The van der Waals surface area contributed by atoms with E-state index in [1.54, 1.807) is 0 Å². The number of aliphatic hydroxyl groups excluding tert-OH is 1. The second-order valence-electron chi connectivity index (χ2n) is 18.9. The number of carbonyl (C=O) groups excluding carboxylic acids is 4. The number of aliphatic hydroxyl groups is 1. The van der Waals surface area contributed by atoms with Crippen LogP contribution < -0.4 is 42.8 Å². The van der Waals surface area contributed by atoms with Crippen LogP contribution in [0.15, 0.2) is 0 Å². The number of hydrogen-bond donors (Lipinski definition) is 9. The summed E-state index contributed by atoms with van der Waals surface area (Å²) in [7, 11) is -4.56. The average Bonchev–Trinajstić information content (AvgIpc) is 3.58. The molecule has 0 aromatic carbocycles. The van der Waals surface area contributed by atoms with Gasteiger partial charge in [0, 0.05) is 6.54 Å².